The molecular formula is C38H71NO2S. The third kappa shape index (κ3) is 7.32. The van der Waals surface area contributed by atoms with Crippen molar-refractivity contribution in [2.24, 2.45) is 51.8 Å². The molecule has 10 unspecified atom stereocenters. The summed E-state index contributed by atoms with van der Waals surface area (Å²) in [6.07, 6.45) is 15.8. The standard InChI is InChI=1S/C31H51NO2S.2C2H6.C2H4.CH4/c1-20(2)34-26-13-16-29(4)23(21(26)3)11-15-30(5)24-12-17-31(19-32-18-28(35)33-6)14-7-8-25(31)22(24)9-10-27(29)30;3*1-2;/h21-27,32H,1,7-19H2,2-6H3;2*1-2H3;1-2H2;1H4. The molecular weight excluding hydrogens is 534 g/mol. The van der Waals surface area contributed by atoms with Gasteiger partial charge in [-0.05, 0) is 135 Å². The molecule has 0 radical (unpaired) electrons. The first-order valence-corrected chi connectivity index (χ1v) is 17.7. The highest BCUT2D eigenvalue weighted by atomic mass is 32.1. The fourth-order valence-electron chi connectivity index (χ4n) is 11.2. The van der Waals surface area contributed by atoms with Gasteiger partial charge < -0.3 is 14.8 Å². The lowest BCUT2D eigenvalue weighted by Gasteiger charge is -2.68. The van der Waals surface area contributed by atoms with Gasteiger partial charge in [0.1, 0.15) is 6.10 Å². The van der Waals surface area contributed by atoms with E-state index in [1.165, 1.54) is 70.6 Å². The highest BCUT2D eigenvalue weighted by Gasteiger charge is 2.64. The van der Waals surface area contributed by atoms with E-state index in [1.807, 2.05) is 34.6 Å². The molecule has 0 amide bonds. The molecule has 4 heteroatoms. The van der Waals surface area contributed by atoms with Crippen LogP contribution in [0, 0.1) is 51.8 Å². The second-order valence-electron chi connectivity index (χ2n) is 13.9. The normalized spacial score (nSPS) is 40.9. The zero-order valence-electron chi connectivity index (χ0n) is 28.6. The second-order valence-corrected chi connectivity index (χ2v) is 14.3. The van der Waals surface area contributed by atoms with Gasteiger partial charge in [-0.3, -0.25) is 0 Å². The first kappa shape index (κ1) is 39.2. The Kier molecular flexibility index (Phi) is 15.8. The average Bonchev–Trinajstić information content (AvgIpc) is 3.42. The van der Waals surface area contributed by atoms with Gasteiger partial charge in [-0.2, -0.15) is 0 Å². The zero-order chi connectivity index (χ0) is 31.0. The minimum atomic E-state index is 0. The van der Waals surface area contributed by atoms with Crippen LogP contribution in [0.4, 0.5) is 0 Å². The van der Waals surface area contributed by atoms with Crippen molar-refractivity contribution in [3.8, 4) is 0 Å². The second kappa shape index (κ2) is 17.0. The molecule has 3 nitrogen and oxygen atoms in total. The van der Waals surface area contributed by atoms with Gasteiger partial charge in [-0.25, -0.2) is 0 Å². The molecule has 42 heavy (non-hydrogen) atoms. The highest BCUT2D eigenvalue weighted by molar-refractivity contribution is 7.80. The van der Waals surface area contributed by atoms with Crippen LogP contribution in [-0.2, 0) is 9.47 Å². The predicted molar refractivity (Wildman–Crippen MR) is 189 cm³/mol. The molecule has 0 aromatic rings. The van der Waals surface area contributed by atoms with Gasteiger partial charge >= 0.3 is 0 Å². The summed E-state index contributed by atoms with van der Waals surface area (Å²) in [5, 5.41) is 4.41. The molecule has 10 atom stereocenters. The molecule has 5 aliphatic rings. The molecule has 0 aromatic carbocycles. The summed E-state index contributed by atoms with van der Waals surface area (Å²) >= 11 is 5.31. The molecule has 0 heterocycles. The van der Waals surface area contributed by atoms with Crippen molar-refractivity contribution in [1.29, 1.82) is 0 Å². The third-order valence-corrected chi connectivity index (χ3v) is 12.9. The van der Waals surface area contributed by atoms with Crippen molar-refractivity contribution < 1.29 is 9.47 Å². The Morgan fingerprint density at radius 3 is 2.07 bits per heavy atom. The molecule has 0 bridgehead atoms. The smallest absolute Gasteiger partial charge is 0.173 e. The Hall–Kier alpha value is -0.870. The Morgan fingerprint density at radius 2 is 1.45 bits per heavy atom. The summed E-state index contributed by atoms with van der Waals surface area (Å²) in [6.45, 7) is 29.9. The lowest BCUT2D eigenvalue weighted by atomic mass is 9.37. The van der Waals surface area contributed by atoms with Crippen LogP contribution in [0.15, 0.2) is 25.5 Å². The number of hydrogen-bond donors (Lipinski definition) is 1. The maximum atomic E-state index is 6.24. The summed E-state index contributed by atoms with van der Waals surface area (Å²) in [5.74, 6) is 6.00. The summed E-state index contributed by atoms with van der Waals surface area (Å²) in [6, 6.07) is 0. The molecule has 0 aromatic heterocycles. The minimum Gasteiger partial charge on any atom is -0.495 e. The lowest BCUT2D eigenvalue weighted by Crippen LogP contribution is -2.61. The maximum absolute atomic E-state index is 6.24. The van der Waals surface area contributed by atoms with E-state index < -0.39 is 0 Å². The van der Waals surface area contributed by atoms with Crippen LogP contribution in [0.3, 0.4) is 0 Å². The molecule has 5 fully saturated rings. The largest absolute Gasteiger partial charge is 0.495 e. The van der Waals surface area contributed by atoms with Crippen LogP contribution in [0.2, 0.25) is 0 Å². The van der Waals surface area contributed by atoms with Gasteiger partial charge in [0.25, 0.3) is 0 Å². The van der Waals surface area contributed by atoms with Crippen LogP contribution >= 0.6 is 12.2 Å². The predicted octanol–water partition coefficient (Wildman–Crippen LogP) is 11.0. The van der Waals surface area contributed by atoms with Gasteiger partial charge in [0.2, 0.25) is 0 Å². The summed E-state index contributed by atoms with van der Waals surface area (Å²) < 4.78 is 11.5. The monoisotopic (exact) mass is 606 g/mol. The number of ether oxygens (including phenoxy) is 2. The fourth-order valence-corrected chi connectivity index (χ4v) is 11.3. The van der Waals surface area contributed by atoms with Crippen molar-refractivity contribution in [3.05, 3.63) is 25.5 Å². The van der Waals surface area contributed by atoms with E-state index in [1.54, 1.807) is 7.11 Å². The van der Waals surface area contributed by atoms with Crippen molar-refractivity contribution in [2.75, 3.05) is 20.2 Å². The molecule has 5 rings (SSSR count). The van der Waals surface area contributed by atoms with Gasteiger partial charge in [0, 0.05) is 6.54 Å². The number of fused-ring (bicyclic) bond motifs is 7. The number of rotatable bonds is 6. The van der Waals surface area contributed by atoms with Gasteiger partial charge in [0.05, 0.1) is 19.4 Å². The molecule has 0 saturated heterocycles. The average molecular weight is 606 g/mol. The van der Waals surface area contributed by atoms with E-state index in [9.17, 15) is 0 Å². The van der Waals surface area contributed by atoms with Gasteiger partial charge in [0.15, 0.2) is 5.05 Å². The summed E-state index contributed by atoms with van der Waals surface area (Å²) in [7, 11) is 1.70. The highest BCUT2D eigenvalue weighted by Crippen LogP contribution is 2.71. The maximum Gasteiger partial charge on any atom is 0.173 e. The molecule has 1 N–H and O–H groups in total. The van der Waals surface area contributed by atoms with E-state index in [0.717, 1.165) is 48.4 Å². The van der Waals surface area contributed by atoms with E-state index >= 15 is 0 Å². The van der Waals surface area contributed by atoms with E-state index in [2.05, 4.69) is 45.8 Å². The van der Waals surface area contributed by atoms with Crippen LogP contribution in [0.1, 0.15) is 133 Å². The number of hydrogen-bond acceptors (Lipinski definition) is 4. The van der Waals surface area contributed by atoms with Crippen molar-refractivity contribution >= 4 is 17.3 Å². The number of methoxy groups -OCH3 is 1. The Balaban J connectivity index is 0.00000119. The first-order chi connectivity index (χ1) is 19.6. The Morgan fingerprint density at radius 1 is 0.857 bits per heavy atom. The van der Waals surface area contributed by atoms with E-state index in [0.29, 0.717) is 33.3 Å². The Labute approximate surface area is 268 Å². The number of nitrogens with one attached hydrogen (secondary N) is 1. The lowest BCUT2D eigenvalue weighted by molar-refractivity contribution is -0.196. The summed E-state index contributed by atoms with van der Waals surface area (Å²) in [5.41, 5.74) is 1.50. The molecule has 0 spiro atoms. The first-order valence-electron chi connectivity index (χ1n) is 17.2. The Bertz CT molecular complexity index is 845. The van der Waals surface area contributed by atoms with Crippen molar-refractivity contribution in [1.82, 2.24) is 5.32 Å². The molecule has 5 saturated carbocycles. The zero-order valence-corrected chi connectivity index (χ0v) is 29.4. The minimum absolute atomic E-state index is 0. The van der Waals surface area contributed by atoms with E-state index in [-0.39, 0.29) is 7.43 Å². The quantitative estimate of drug-likeness (QED) is 0.185. The van der Waals surface area contributed by atoms with Crippen LogP contribution in [0.25, 0.3) is 0 Å². The van der Waals surface area contributed by atoms with Crippen molar-refractivity contribution in [3.63, 3.8) is 0 Å². The topological polar surface area (TPSA) is 30.5 Å². The molecule has 0 aliphatic heterocycles. The molecule has 5 aliphatic carbocycles. The third-order valence-electron chi connectivity index (χ3n) is 12.5. The van der Waals surface area contributed by atoms with E-state index in [4.69, 9.17) is 21.7 Å². The van der Waals surface area contributed by atoms with Crippen LogP contribution in [0.5, 0.6) is 0 Å². The van der Waals surface area contributed by atoms with Gasteiger partial charge in [-0.1, -0.05) is 68.9 Å². The fraction of sp³-hybridized carbons (Fsp3) is 0.868. The summed E-state index contributed by atoms with van der Waals surface area (Å²) in [4.78, 5) is 0. The number of allylic oxidation sites excluding steroid dienone is 1. The SMILES string of the molecule is C.C=C.C=C(C)OC1CCC2(C)C(CCC3(C)C4CCC5(CNCC(=S)OC)CCCC5C4CCC23)C1C.CC.CC. The van der Waals surface area contributed by atoms with Crippen LogP contribution < -0.4 is 5.32 Å². The van der Waals surface area contributed by atoms with Gasteiger partial charge in [-0.15, -0.1) is 13.2 Å². The van der Waals surface area contributed by atoms with Crippen molar-refractivity contribution in [2.45, 2.75) is 140 Å². The molecule has 246 valence electrons. The number of thiocarbonyl (C=S) groups is 1. The van der Waals surface area contributed by atoms with Crippen LogP contribution in [-0.4, -0.2) is 31.4 Å².